The average molecular weight is 281 g/mol. The zero-order chi connectivity index (χ0) is 14.7. The molecule has 0 saturated carbocycles. The predicted molar refractivity (Wildman–Crippen MR) is 84.4 cm³/mol. The fraction of sp³-hybridized carbons (Fsp3) is 0.625. The van der Waals surface area contributed by atoms with Crippen LogP contribution in [0.15, 0.2) is 30.3 Å². The third-order valence-electron chi connectivity index (χ3n) is 3.13. The van der Waals surface area contributed by atoms with E-state index in [0.29, 0.717) is 0 Å². The molecule has 2 unspecified atom stereocenters. The molecule has 0 radical (unpaired) electrons. The molecule has 0 amide bonds. The molecule has 3 heteroatoms. The van der Waals surface area contributed by atoms with E-state index in [4.69, 9.17) is 0 Å². The largest absolute Gasteiger partial charge is 0.242 e. The molecule has 2 nitrogen and oxygen atoms in total. The van der Waals surface area contributed by atoms with E-state index < -0.39 is 11.0 Å². The molecule has 0 aliphatic heterocycles. The minimum absolute atomic E-state index is 0.0662. The third-order valence-corrected chi connectivity index (χ3v) is 4.74. The molecule has 0 bridgehead atoms. The summed E-state index contributed by atoms with van der Waals surface area (Å²) >= 11 is 0. The van der Waals surface area contributed by atoms with Gasteiger partial charge in [-0.3, -0.25) is 0 Å². The molecule has 0 fully saturated rings. The topological polar surface area (TPSA) is 29.1 Å². The van der Waals surface area contributed by atoms with E-state index in [9.17, 15) is 4.21 Å². The molecular formula is C16H27NOS. The Bertz CT molecular complexity index is 415. The Kier molecular flexibility index (Phi) is 5.34. The maximum absolute atomic E-state index is 12.3. The molecule has 0 aliphatic carbocycles. The minimum atomic E-state index is -1.04. The van der Waals surface area contributed by atoms with Gasteiger partial charge in [0.15, 0.2) is 0 Å². The highest BCUT2D eigenvalue weighted by molar-refractivity contribution is 7.84. The van der Waals surface area contributed by atoms with Gasteiger partial charge in [0.25, 0.3) is 0 Å². The fourth-order valence-electron chi connectivity index (χ4n) is 1.68. The van der Waals surface area contributed by atoms with Gasteiger partial charge in [0.05, 0.1) is 15.7 Å². The smallest absolute Gasteiger partial charge is 0.0973 e. The van der Waals surface area contributed by atoms with Gasteiger partial charge < -0.3 is 0 Å². The van der Waals surface area contributed by atoms with Gasteiger partial charge >= 0.3 is 0 Å². The van der Waals surface area contributed by atoms with Crippen LogP contribution in [-0.2, 0) is 17.4 Å². The third kappa shape index (κ3) is 5.45. The summed E-state index contributed by atoms with van der Waals surface area (Å²) in [4.78, 5) is 0. The van der Waals surface area contributed by atoms with E-state index in [2.05, 4.69) is 49.8 Å². The molecule has 1 aromatic rings. The summed E-state index contributed by atoms with van der Waals surface area (Å²) in [6.45, 7) is 12.6. The summed E-state index contributed by atoms with van der Waals surface area (Å²) in [6, 6.07) is 10.6. The Labute approximate surface area is 120 Å². The first-order valence-corrected chi connectivity index (χ1v) is 7.97. The van der Waals surface area contributed by atoms with Crippen molar-refractivity contribution in [3.63, 3.8) is 0 Å². The zero-order valence-corrected chi connectivity index (χ0v) is 13.8. The van der Waals surface area contributed by atoms with Gasteiger partial charge in [-0.15, -0.1) is 0 Å². The average Bonchev–Trinajstić information content (AvgIpc) is 2.27. The van der Waals surface area contributed by atoms with Crippen LogP contribution in [0.4, 0.5) is 0 Å². The summed E-state index contributed by atoms with van der Waals surface area (Å²) in [5.41, 5.74) is 1.34. The molecule has 0 aliphatic rings. The van der Waals surface area contributed by atoms with E-state index in [1.165, 1.54) is 5.56 Å². The lowest BCUT2D eigenvalue weighted by Gasteiger charge is -2.33. The Balaban J connectivity index is 2.83. The lowest BCUT2D eigenvalue weighted by atomic mass is 9.84. The van der Waals surface area contributed by atoms with Crippen molar-refractivity contribution in [2.75, 3.05) is 0 Å². The van der Waals surface area contributed by atoms with Crippen LogP contribution in [-0.4, -0.2) is 15.0 Å². The van der Waals surface area contributed by atoms with Crippen LogP contribution >= 0.6 is 0 Å². The number of hydrogen-bond donors (Lipinski definition) is 1. The van der Waals surface area contributed by atoms with Crippen LogP contribution in [0.1, 0.15) is 47.1 Å². The number of hydrogen-bond acceptors (Lipinski definition) is 1. The molecule has 0 spiro atoms. The number of benzene rings is 1. The van der Waals surface area contributed by atoms with Crippen LogP contribution in [0, 0.1) is 5.41 Å². The number of rotatable bonds is 4. The minimum Gasteiger partial charge on any atom is -0.242 e. The van der Waals surface area contributed by atoms with Gasteiger partial charge in [0, 0.05) is 6.04 Å². The molecule has 2 atom stereocenters. The normalized spacial score (nSPS) is 16.1. The monoisotopic (exact) mass is 281 g/mol. The fourth-order valence-corrected chi connectivity index (χ4v) is 2.73. The molecule has 0 heterocycles. The highest BCUT2D eigenvalue weighted by atomic mass is 32.2. The van der Waals surface area contributed by atoms with Crippen molar-refractivity contribution in [3.8, 4) is 0 Å². The first-order valence-electron chi connectivity index (χ1n) is 6.82. The van der Waals surface area contributed by atoms with Crippen LogP contribution in [0.5, 0.6) is 0 Å². The van der Waals surface area contributed by atoms with Crippen molar-refractivity contribution >= 4 is 11.0 Å². The maximum Gasteiger partial charge on any atom is 0.0973 e. The second-order valence-electron chi connectivity index (χ2n) is 7.11. The van der Waals surface area contributed by atoms with Gasteiger partial charge in [-0.25, -0.2) is 8.93 Å². The molecule has 1 aromatic carbocycles. The summed E-state index contributed by atoms with van der Waals surface area (Å²) in [6.07, 6.45) is 0.895. The van der Waals surface area contributed by atoms with E-state index >= 15 is 0 Å². The van der Waals surface area contributed by atoms with E-state index in [1.807, 2.05) is 26.8 Å². The van der Waals surface area contributed by atoms with Crippen molar-refractivity contribution < 1.29 is 4.21 Å². The van der Waals surface area contributed by atoms with Gasteiger partial charge in [0.2, 0.25) is 0 Å². The number of nitrogens with one attached hydrogen (secondary N) is 1. The van der Waals surface area contributed by atoms with Gasteiger partial charge in [-0.2, -0.15) is 0 Å². The second-order valence-corrected chi connectivity index (χ2v) is 9.11. The standard InChI is InChI=1S/C16H27NOS/c1-15(2,3)14(17-19(18)16(4,5)6)12-13-10-8-7-9-11-13/h7-11,14,17H,12H2,1-6H3. The molecule has 0 saturated heterocycles. The zero-order valence-electron chi connectivity index (χ0n) is 13.0. The maximum atomic E-state index is 12.3. The van der Waals surface area contributed by atoms with Gasteiger partial charge in [0.1, 0.15) is 0 Å². The van der Waals surface area contributed by atoms with E-state index in [-0.39, 0.29) is 16.2 Å². The Morgan fingerprint density at radius 3 is 2.00 bits per heavy atom. The second kappa shape index (κ2) is 6.19. The summed E-state index contributed by atoms with van der Waals surface area (Å²) < 4.78 is 15.4. The Morgan fingerprint density at radius 2 is 1.58 bits per heavy atom. The Morgan fingerprint density at radius 1 is 1.05 bits per heavy atom. The van der Waals surface area contributed by atoms with Crippen LogP contribution in [0.25, 0.3) is 0 Å². The Hall–Kier alpha value is -0.670. The molecule has 1 rings (SSSR count). The van der Waals surface area contributed by atoms with Crippen LogP contribution < -0.4 is 4.72 Å². The van der Waals surface area contributed by atoms with Crippen LogP contribution in [0.2, 0.25) is 0 Å². The van der Waals surface area contributed by atoms with E-state index in [0.717, 1.165) is 6.42 Å². The molecule has 1 N–H and O–H groups in total. The first-order chi connectivity index (χ1) is 8.60. The SMILES string of the molecule is CC(C)(C)C(Cc1ccccc1)NS(=O)C(C)(C)C. The summed E-state index contributed by atoms with van der Waals surface area (Å²) in [5, 5.41) is 0. The molecular weight excluding hydrogens is 254 g/mol. The van der Waals surface area contributed by atoms with Gasteiger partial charge in [-0.05, 0) is 38.2 Å². The summed E-state index contributed by atoms with van der Waals surface area (Å²) in [5.74, 6) is 0. The lowest BCUT2D eigenvalue weighted by molar-refractivity contribution is 0.299. The van der Waals surface area contributed by atoms with Crippen molar-refractivity contribution in [3.05, 3.63) is 35.9 Å². The van der Waals surface area contributed by atoms with Crippen molar-refractivity contribution in [2.45, 2.75) is 58.8 Å². The lowest BCUT2D eigenvalue weighted by Crippen LogP contribution is -2.47. The van der Waals surface area contributed by atoms with E-state index in [1.54, 1.807) is 0 Å². The predicted octanol–water partition coefficient (Wildman–Crippen LogP) is 3.70. The highest BCUT2D eigenvalue weighted by Crippen LogP contribution is 2.24. The highest BCUT2D eigenvalue weighted by Gasteiger charge is 2.29. The van der Waals surface area contributed by atoms with Gasteiger partial charge in [-0.1, -0.05) is 51.1 Å². The van der Waals surface area contributed by atoms with Crippen molar-refractivity contribution in [2.24, 2.45) is 5.41 Å². The van der Waals surface area contributed by atoms with Crippen molar-refractivity contribution in [1.29, 1.82) is 0 Å². The molecule has 19 heavy (non-hydrogen) atoms. The summed E-state index contributed by atoms with van der Waals surface area (Å²) in [7, 11) is -1.04. The van der Waals surface area contributed by atoms with Crippen molar-refractivity contribution in [1.82, 2.24) is 4.72 Å². The quantitative estimate of drug-likeness (QED) is 0.896. The first kappa shape index (κ1) is 16.4. The van der Waals surface area contributed by atoms with Crippen LogP contribution in [0.3, 0.4) is 0 Å². The molecule has 108 valence electrons. The molecule has 0 aromatic heterocycles.